The Morgan fingerprint density at radius 2 is 1.88 bits per heavy atom. The third kappa shape index (κ3) is 4.76. The minimum Gasteiger partial charge on any atom is -0.466 e. The molecule has 26 heavy (non-hydrogen) atoms. The fourth-order valence-electron chi connectivity index (χ4n) is 3.66. The van der Waals surface area contributed by atoms with Gasteiger partial charge in [0.05, 0.1) is 0 Å². The second-order valence-electron chi connectivity index (χ2n) is 7.42. The van der Waals surface area contributed by atoms with Crippen LogP contribution >= 0.6 is 0 Å². The number of furan rings is 1. The number of nitrogens with zero attached hydrogens (tertiary/aromatic N) is 1. The number of nitrogens with one attached hydrogen (secondary N) is 1. The van der Waals surface area contributed by atoms with Crippen LogP contribution in [0, 0.1) is 19.8 Å². The molecule has 1 aliphatic rings. The maximum absolute atomic E-state index is 12.3. The predicted octanol–water partition coefficient (Wildman–Crippen LogP) is 4.10. The minimum atomic E-state index is 0.0413. The van der Waals surface area contributed by atoms with Crippen LogP contribution < -0.4 is 5.32 Å². The van der Waals surface area contributed by atoms with Crippen LogP contribution in [0.2, 0.25) is 0 Å². The van der Waals surface area contributed by atoms with Crippen LogP contribution in [0.25, 0.3) is 0 Å². The van der Waals surface area contributed by atoms with Gasteiger partial charge in [0.15, 0.2) is 0 Å². The van der Waals surface area contributed by atoms with Gasteiger partial charge in [-0.05, 0) is 75.9 Å². The highest BCUT2D eigenvalue weighted by Crippen LogP contribution is 2.21. The summed E-state index contributed by atoms with van der Waals surface area (Å²) in [7, 11) is 0. The van der Waals surface area contributed by atoms with Crippen LogP contribution in [-0.2, 0) is 13.0 Å². The molecule has 1 aromatic heterocycles. The SMILES string of the molecule is CCc1ccc(C(=O)NCC2CCN(Cc3cc(C)oc3C)CC2)cc1. The van der Waals surface area contributed by atoms with Crippen molar-refractivity contribution in [3.63, 3.8) is 0 Å². The van der Waals surface area contributed by atoms with E-state index in [2.05, 4.69) is 23.2 Å². The Labute approximate surface area is 156 Å². The molecule has 3 rings (SSSR count). The van der Waals surface area contributed by atoms with Crippen molar-refractivity contribution in [1.29, 1.82) is 0 Å². The van der Waals surface area contributed by atoms with E-state index in [1.807, 2.05) is 38.1 Å². The van der Waals surface area contributed by atoms with E-state index in [9.17, 15) is 4.79 Å². The average molecular weight is 354 g/mol. The number of rotatable bonds is 6. The molecular formula is C22H30N2O2. The van der Waals surface area contributed by atoms with Gasteiger partial charge in [-0.1, -0.05) is 19.1 Å². The third-order valence-corrected chi connectivity index (χ3v) is 5.42. The van der Waals surface area contributed by atoms with Crippen LogP contribution in [0.15, 0.2) is 34.7 Å². The summed E-state index contributed by atoms with van der Waals surface area (Å²) < 4.78 is 5.62. The molecule has 1 aliphatic heterocycles. The lowest BCUT2D eigenvalue weighted by Gasteiger charge is -2.31. The van der Waals surface area contributed by atoms with Gasteiger partial charge >= 0.3 is 0 Å². The fraction of sp³-hybridized carbons (Fsp3) is 0.500. The highest BCUT2D eigenvalue weighted by molar-refractivity contribution is 5.94. The molecule has 1 saturated heterocycles. The molecular weight excluding hydrogens is 324 g/mol. The van der Waals surface area contributed by atoms with Gasteiger partial charge in [-0.3, -0.25) is 9.69 Å². The van der Waals surface area contributed by atoms with Crippen molar-refractivity contribution in [3.05, 3.63) is 58.5 Å². The number of carbonyl (C=O) groups is 1. The number of carbonyl (C=O) groups excluding carboxylic acids is 1. The molecule has 0 atom stereocenters. The number of amides is 1. The van der Waals surface area contributed by atoms with Crippen LogP contribution in [0.3, 0.4) is 0 Å². The van der Waals surface area contributed by atoms with Crippen LogP contribution in [-0.4, -0.2) is 30.4 Å². The number of aryl methyl sites for hydroxylation is 3. The topological polar surface area (TPSA) is 45.5 Å². The second kappa shape index (κ2) is 8.54. The molecule has 1 aromatic carbocycles. The Kier molecular flexibility index (Phi) is 6.15. The van der Waals surface area contributed by atoms with Gasteiger partial charge in [0.25, 0.3) is 5.91 Å². The van der Waals surface area contributed by atoms with Crippen LogP contribution in [0.1, 0.15) is 52.8 Å². The van der Waals surface area contributed by atoms with E-state index < -0.39 is 0 Å². The van der Waals surface area contributed by atoms with Crippen molar-refractivity contribution < 1.29 is 9.21 Å². The van der Waals surface area contributed by atoms with Gasteiger partial charge in [0.1, 0.15) is 11.5 Å². The molecule has 0 unspecified atom stereocenters. The zero-order valence-electron chi connectivity index (χ0n) is 16.2. The average Bonchev–Trinajstić information content (AvgIpc) is 2.98. The monoisotopic (exact) mass is 354 g/mol. The van der Waals surface area contributed by atoms with E-state index >= 15 is 0 Å². The van der Waals surface area contributed by atoms with Gasteiger partial charge in [-0.15, -0.1) is 0 Å². The van der Waals surface area contributed by atoms with Crippen molar-refractivity contribution in [2.75, 3.05) is 19.6 Å². The summed E-state index contributed by atoms with van der Waals surface area (Å²) in [5.41, 5.74) is 3.31. The molecule has 2 aromatic rings. The van der Waals surface area contributed by atoms with Gasteiger partial charge in [0.2, 0.25) is 0 Å². The van der Waals surface area contributed by atoms with Crippen molar-refractivity contribution in [3.8, 4) is 0 Å². The first kappa shape index (κ1) is 18.7. The van der Waals surface area contributed by atoms with Crippen LogP contribution in [0.5, 0.6) is 0 Å². The quantitative estimate of drug-likeness (QED) is 0.849. The van der Waals surface area contributed by atoms with Crippen molar-refractivity contribution >= 4 is 5.91 Å². The first-order valence-corrected chi connectivity index (χ1v) is 9.70. The number of piperidine rings is 1. The second-order valence-corrected chi connectivity index (χ2v) is 7.42. The van der Waals surface area contributed by atoms with E-state index in [0.717, 1.165) is 62.5 Å². The van der Waals surface area contributed by atoms with Crippen molar-refractivity contribution in [2.24, 2.45) is 5.92 Å². The fourth-order valence-corrected chi connectivity index (χ4v) is 3.66. The molecule has 0 spiro atoms. The number of benzene rings is 1. The Bertz CT molecular complexity index is 725. The largest absolute Gasteiger partial charge is 0.466 e. The number of hydrogen-bond donors (Lipinski definition) is 1. The Hall–Kier alpha value is -2.07. The lowest BCUT2D eigenvalue weighted by molar-refractivity contribution is 0.0935. The first-order valence-electron chi connectivity index (χ1n) is 9.70. The molecule has 2 heterocycles. The van der Waals surface area contributed by atoms with Gasteiger partial charge in [0, 0.05) is 24.2 Å². The molecule has 0 aliphatic carbocycles. The Balaban J connectivity index is 1.42. The van der Waals surface area contributed by atoms with Crippen LogP contribution in [0.4, 0.5) is 0 Å². The molecule has 4 nitrogen and oxygen atoms in total. The van der Waals surface area contributed by atoms with Crippen molar-refractivity contribution in [1.82, 2.24) is 10.2 Å². The summed E-state index contributed by atoms with van der Waals surface area (Å²) in [6.07, 6.45) is 3.26. The highest BCUT2D eigenvalue weighted by Gasteiger charge is 2.21. The molecule has 1 fully saturated rings. The first-order chi connectivity index (χ1) is 12.5. The lowest BCUT2D eigenvalue weighted by Crippen LogP contribution is -2.38. The molecule has 1 N–H and O–H groups in total. The maximum atomic E-state index is 12.3. The zero-order valence-corrected chi connectivity index (χ0v) is 16.2. The van der Waals surface area contributed by atoms with E-state index in [1.54, 1.807) is 0 Å². The Morgan fingerprint density at radius 3 is 2.46 bits per heavy atom. The zero-order chi connectivity index (χ0) is 18.5. The van der Waals surface area contributed by atoms with E-state index in [-0.39, 0.29) is 5.91 Å². The number of likely N-dealkylation sites (tertiary alicyclic amines) is 1. The summed E-state index contributed by atoms with van der Waals surface area (Å²) >= 11 is 0. The Morgan fingerprint density at radius 1 is 1.19 bits per heavy atom. The summed E-state index contributed by atoms with van der Waals surface area (Å²) in [6.45, 7) is 10.1. The van der Waals surface area contributed by atoms with E-state index in [4.69, 9.17) is 4.42 Å². The van der Waals surface area contributed by atoms with E-state index in [1.165, 1.54) is 11.1 Å². The summed E-state index contributed by atoms with van der Waals surface area (Å²) in [5.74, 6) is 2.63. The van der Waals surface area contributed by atoms with Gasteiger partial charge in [-0.2, -0.15) is 0 Å². The van der Waals surface area contributed by atoms with Crippen molar-refractivity contribution in [2.45, 2.75) is 46.6 Å². The molecule has 1 amide bonds. The van der Waals surface area contributed by atoms with Gasteiger partial charge in [-0.25, -0.2) is 0 Å². The van der Waals surface area contributed by atoms with Gasteiger partial charge < -0.3 is 9.73 Å². The normalized spacial score (nSPS) is 16.0. The smallest absolute Gasteiger partial charge is 0.251 e. The highest BCUT2D eigenvalue weighted by atomic mass is 16.3. The molecule has 4 heteroatoms. The molecule has 0 saturated carbocycles. The summed E-state index contributed by atoms with van der Waals surface area (Å²) in [6, 6.07) is 10.1. The molecule has 0 bridgehead atoms. The summed E-state index contributed by atoms with van der Waals surface area (Å²) in [5, 5.41) is 3.11. The standard InChI is InChI=1S/C22H30N2O2/c1-4-18-5-7-20(8-6-18)22(25)23-14-19-9-11-24(12-10-19)15-21-13-16(2)26-17(21)3/h5-8,13,19H,4,9-12,14-15H2,1-3H3,(H,23,25). The molecule has 0 radical (unpaired) electrons. The maximum Gasteiger partial charge on any atom is 0.251 e. The minimum absolute atomic E-state index is 0.0413. The van der Waals surface area contributed by atoms with E-state index in [0.29, 0.717) is 5.92 Å². The predicted molar refractivity (Wildman–Crippen MR) is 104 cm³/mol. The third-order valence-electron chi connectivity index (χ3n) is 5.42. The summed E-state index contributed by atoms with van der Waals surface area (Å²) in [4.78, 5) is 14.8. The molecule has 140 valence electrons. The number of hydrogen-bond acceptors (Lipinski definition) is 3. The lowest BCUT2D eigenvalue weighted by atomic mass is 9.96.